The Morgan fingerprint density at radius 3 is 2.58 bits per heavy atom. The first-order valence-electron chi connectivity index (χ1n) is 14.5. The fourth-order valence-electron chi connectivity index (χ4n) is 9.56. The van der Waals surface area contributed by atoms with Gasteiger partial charge in [-0.2, -0.15) is 8.42 Å². The molecule has 0 bridgehead atoms. The molecule has 10 atom stereocenters. The molecule has 1 amide bonds. The predicted molar refractivity (Wildman–Crippen MR) is 145 cm³/mol. The monoisotopic (exact) mass is 568 g/mol. The number of thiazole rings is 1. The molecule has 1 aromatic heterocycles. The fraction of sp³-hybridized carbons (Fsp3) is 0.857. The molecule has 0 spiro atoms. The van der Waals surface area contributed by atoms with E-state index in [2.05, 4.69) is 25.8 Å². The van der Waals surface area contributed by atoms with Gasteiger partial charge in [-0.05, 0) is 104 Å². The lowest BCUT2D eigenvalue weighted by Gasteiger charge is -2.64. The summed E-state index contributed by atoms with van der Waals surface area (Å²) in [4.78, 5) is 15.8. The number of aliphatic hydroxyl groups excluding tert-OH is 2. The van der Waals surface area contributed by atoms with Crippen LogP contribution in [0.2, 0.25) is 0 Å². The van der Waals surface area contributed by atoms with E-state index in [1.807, 2.05) is 4.72 Å². The first-order chi connectivity index (χ1) is 18.0. The number of nitrogens with zero attached hydrogens (tertiary/aromatic N) is 1. The molecule has 1 aromatic rings. The molecule has 0 aliphatic heterocycles. The van der Waals surface area contributed by atoms with E-state index in [0.29, 0.717) is 36.0 Å². The van der Waals surface area contributed by atoms with Crippen molar-refractivity contribution in [3.05, 3.63) is 11.6 Å². The van der Waals surface area contributed by atoms with Crippen molar-refractivity contribution in [3.63, 3.8) is 0 Å². The Bertz CT molecular complexity index is 1100. The average molecular weight is 569 g/mol. The molecule has 0 unspecified atom stereocenters. The second-order valence-electron chi connectivity index (χ2n) is 12.9. The highest BCUT2D eigenvalue weighted by atomic mass is 32.2. The molecule has 38 heavy (non-hydrogen) atoms. The SMILES string of the molecule is CC[C@H]1[C@@H](O)[C@@H]2[C@H](CC[C@]3(C)[C@@H](CCCOC(=O)NS(=O)(=O)c4nccs4)CC[C@@H]23)[C@@]2(C)CC[C@@H](O)C[C@@H]12. The van der Waals surface area contributed by atoms with Crippen molar-refractivity contribution in [1.29, 1.82) is 0 Å². The van der Waals surface area contributed by atoms with Crippen molar-refractivity contribution in [2.75, 3.05) is 6.61 Å². The van der Waals surface area contributed by atoms with Crippen molar-refractivity contribution in [1.82, 2.24) is 9.71 Å². The molecule has 214 valence electrons. The van der Waals surface area contributed by atoms with E-state index in [4.69, 9.17) is 4.74 Å². The summed E-state index contributed by atoms with van der Waals surface area (Å²) in [6.45, 7) is 7.26. The van der Waals surface area contributed by atoms with Gasteiger partial charge in [0.1, 0.15) is 0 Å². The van der Waals surface area contributed by atoms with E-state index < -0.39 is 16.1 Å². The number of hydrogen-bond acceptors (Lipinski definition) is 8. The van der Waals surface area contributed by atoms with Crippen LogP contribution in [-0.4, -0.2) is 48.5 Å². The fourth-order valence-corrected chi connectivity index (χ4v) is 11.3. The standard InChI is InChI=1S/C28H44N2O6S2/c1-4-19-22-16-18(31)9-11-28(22,3)21-10-12-27(2)17(7-8-20(27)23(21)24(19)32)6-5-14-36-25(33)30-38(34,35)26-29-13-15-37-26/h13,15,17-24,31-32H,4-12,14,16H2,1-3H3,(H,30,33)/t17-,18+,19+,20-,21-,22-,23-,24+,27+,28+/m0/s1. The molecule has 1 heterocycles. The van der Waals surface area contributed by atoms with E-state index in [1.165, 1.54) is 11.6 Å². The quantitative estimate of drug-likeness (QED) is 0.397. The Kier molecular flexibility index (Phi) is 7.92. The minimum atomic E-state index is -3.99. The van der Waals surface area contributed by atoms with E-state index in [1.54, 1.807) is 0 Å². The first-order valence-corrected chi connectivity index (χ1v) is 16.8. The number of fused-ring (bicyclic) bond motifs is 5. The minimum absolute atomic E-state index is 0.158. The van der Waals surface area contributed by atoms with E-state index in [0.717, 1.165) is 69.1 Å². The molecule has 4 fully saturated rings. The van der Waals surface area contributed by atoms with Crippen LogP contribution in [0.5, 0.6) is 0 Å². The zero-order chi connectivity index (χ0) is 27.3. The summed E-state index contributed by atoms with van der Waals surface area (Å²) in [5.41, 5.74) is 0.359. The normalized spacial score (nSPS) is 42.6. The number of amides is 1. The van der Waals surface area contributed by atoms with Crippen molar-refractivity contribution in [2.24, 2.45) is 46.3 Å². The van der Waals surface area contributed by atoms with Gasteiger partial charge in [0, 0.05) is 11.6 Å². The number of ether oxygens (including phenoxy) is 1. The second-order valence-corrected chi connectivity index (χ2v) is 15.6. The summed E-state index contributed by atoms with van der Waals surface area (Å²) in [6, 6.07) is 0. The minimum Gasteiger partial charge on any atom is -0.449 e. The smallest absolute Gasteiger partial charge is 0.421 e. The molecule has 4 aliphatic carbocycles. The Morgan fingerprint density at radius 2 is 1.87 bits per heavy atom. The molecular weight excluding hydrogens is 524 g/mol. The van der Waals surface area contributed by atoms with Crippen LogP contribution in [0.15, 0.2) is 15.9 Å². The van der Waals surface area contributed by atoms with Gasteiger partial charge < -0.3 is 14.9 Å². The van der Waals surface area contributed by atoms with Gasteiger partial charge in [-0.15, -0.1) is 11.3 Å². The Labute approximate surface area is 231 Å². The van der Waals surface area contributed by atoms with Gasteiger partial charge in [0.05, 0.1) is 18.8 Å². The summed E-state index contributed by atoms with van der Waals surface area (Å²) in [5.74, 6) is 2.49. The maximum atomic E-state index is 12.2. The summed E-state index contributed by atoms with van der Waals surface area (Å²) in [6.07, 6.45) is 9.78. The molecule has 0 radical (unpaired) electrons. The predicted octanol–water partition coefficient (Wildman–Crippen LogP) is 4.96. The summed E-state index contributed by atoms with van der Waals surface area (Å²) >= 11 is 0.944. The zero-order valence-electron chi connectivity index (χ0n) is 22.8. The summed E-state index contributed by atoms with van der Waals surface area (Å²) in [5, 5.41) is 23.8. The maximum absolute atomic E-state index is 12.2. The van der Waals surface area contributed by atoms with Gasteiger partial charge in [-0.25, -0.2) is 14.5 Å². The van der Waals surface area contributed by atoms with Crippen LogP contribution >= 0.6 is 11.3 Å². The van der Waals surface area contributed by atoms with Crippen LogP contribution in [0.3, 0.4) is 0 Å². The zero-order valence-corrected chi connectivity index (χ0v) is 24.5. The van der Waals surface area contributed by atoms with Crippen LogP contribution in [0.4, 0.5) is 4.79 Å². The van der Waals surface area contributed by atoms with Gasteiger partial charge in [0.2, 0.25) is 4.34 Å². The molecule has 4 aliphatic rings. The number of nitrogens with one attached hydrogen (secondary N) is 1. The molecule has 0 saturated heterocycles. The van der Waals surface area contributed by atoms with Crippen molar-refractivity contribution < 1.29 is 28.2 Å². The van der Waals surface area contributed by atoms with Crippen molar-refractivity contribution in [3.8, 4) is 0 Å². The van der Waals surface area contributed by atoms with Crippen LogP contribution in [0.1, 0.15) is 85.0 Å². The molecule has 10 heteroatoms. The third-order valence-electron chi connectivity index (χ3n) is 11.4. The molecule has 8 nitrogen and oxygen atoms in total. The number of aromatic nitrogens is 1. The molecule has 0 aromatic carbocycles. The third kappa shape index (κ3) is 4.81. The summed E-state index contributed by atoms with van der Waals surface area (Å²) < 4.78 is 31.3. The lowest BCUT2D eigenvalue weighted by atomic mass is 9.41. The highest BCUT2D eigenvalue weighted by Crippen LogP contribution is 2.69. The molecule has 3 N–H and O–H groups in total. The highest BCUT2D eigenvalue weighted by molar-refractivity contribution is 7.92. The summed E-state index contributed by atoms with van der Waals surface area (Å²) in [7, 11) is -3.99. The second kappa shape index (κ2) is 10.6. The van der Waals surface area contributed by atoms with Gasteiger partial charge in [-0.3, -0.25) is 0 Å². The number of carbonyl (C=O) groups excluding carboxylic acids is 1. The maximum Gasteiger partial charge on any atom is 0.421 e. The van der Waals surface area contributed by atoms with Gasteiger partial charge in [-0.1, -0.05) is 27.2 Å². The van der Waals surface area contributed by atoms with E-state index >= 15 is 0 Å². The van der Waals surface area contributed by atoms with Crippen molar-refractivity contribution in [2.45, 2.75) is 102 Å². The number of aliphatic hydroxyl groups is 2. The highest BCUT2D eigenvalue weighted by Gasteiger charge is 2.64. The van der Waals surface area contributed by atoms with Crippen LogP contribution in [-0.2, 0) is 14.8 Å². The largest absolute Gasteiger partial charge is 0.449 e. The molecule has 4 saturated carbocycles. The first kappa shape index (κ1) is 28.3. The molecule has 5 rings (SSSR count). The van der Waals surface area contributed by atoms with Crippen LogP contribution < -0.4 is 4.72 Å². The van der Waals surface area contributed by atoms with E-state index in [9.17, 15) is 23.4 Å². The average Bonchev–Trinajstić information content (AvgIpc) is 3.52. The Hall–Kier alpha value is -1.23. The van der Waals surface area contributed by atoms with Crippen LogP contribution in [0, 0.1) is 46.3 Å². The third-order valence-corrected chi connectivity index (χ3v) is 13.9. The van der Waals surface area contributed by atoms with Gasteiger partial charge in [0.15, 0.2) is 0 Å². The van der Waals surface area contributed by atoms with Gasteiger partial charge >= 0.3 is 6.09 Å². The van der Waals surface area contributed by atoms with E-state index in [-0.39, 0.29) is 39.9 Å². The van der Waals surface area contributed by atoms with Crippen LogP contribution in [0.25, 0.3) is 0 Å². The lowest BCUT2D eigenvalue weighted by molar-refractivity contribution is -0.202. The topological polar surface area (TPSA) is 126 Å². The number of carbonyl (C=O) groups is 1. The lowest BCUT2D eigenvalue weighted by Crippen LogP contribution is -2.62. The van der Waals surface area contributed by atoms with Gasteiger partial charge in [0.25, 0.3) is 10.0 Å². The Balaban J connectivity index is 1.20. The molecular formula is C28H44N2O6S2. The number of rotatable bonds is 7. The number of sulfonamides is 1. The van der Waals surface area contributed by atoms with Crippen molar-refractivity contribution >= 4 is 27.5 Å². The number of hydrogen-bond donors (Lipinski definition) is 3. The Morgan fingerprint density at radius 1 is 1.13 bits per heavy atom.